The molecule has 0 saturated carbocycles. The van der Waals surface area contributed by atoms with Gasteiger partial charge in [-0.05, 0) is 45.7 Å². The first kappa shape index (κ1) is 20.7. The molecule has 0 bridgehead atoms. The van der Waals surface area contributed by atoms with Crippen molar-refractivity contribution in [2.45, 2.75) is 70.5 Å². The third-order valence-corrected chi connectivity index (χ3v) is 4.88. The number of aliphatic hydroxyl groups excluding tert-OH is 1. The number of fused-ring (bicyclic) bond motifs is 3. The maximum Gasteiger partial charge on any atom is 0.410 e. The third-order valence-electron chi connectivity index (χ3n) is 4.88. The Hall–Kier alpha value is -2.03. The summed E-state index contributed by atoms with van der Waals surface area (Å²) in [6, 6.07) is 3.08. The molecule has 2 aliphatic rings. The molecule has 0 aliphatic carbocycles. The van der Waals surface area contributed by atoms with Crippen LogP contribution in [0.5, 0.6) is 0 Å². The number of piperazine rings is 1. The van der Waals surface area contributed by atoms with Gasteiger partial charge in [0.05, 0.1) is 18.2 Å². The zero-order valence-corrected chi connectivity index (χ0v) is 16.5. The number of alkyl halides is 3. The number of rotatable bonds is 2. The van der Waals surface area contributed by atoms with Crippen molar-refractivity contribution in [3.8, 4) is 0 Å². The molecule has 1 amide bonds. The summed E-state index contributed by atoms with van der Waals surface area (Å²) in [5, 5.41) is 9.90. The van der Waals surface area contributed by atoms with Crippen LogP contribution >= 0.6 is 0 Å². The molecule has 156 valence electrons. The molecule has 3 rings (SSSR count). The van der Waals surface area contributed by atoms with Gasteiger partial charge in [0.25, 0.3) is 0 Å². The van der Waals surface area contributed by atoms with Gasteiger partial charge in [-0.3, -0.25) is 0 Å². The van der Waals surface area contributed by atoms with E-state index >= 15 is 0 Å². The quantitative estimate of drug-likeness (QED) is 0.823. The largest absolute Gasteiger partial charge is 0.444 e. The van der Waals surface area contributed by atoms with Crippen molar-refractivity contribution in [1.82, 2.24) is 9.88 Å². The fraction of sp³-hybridized carbons (Fsp3) is 0.684. The first-order valence-electron chi connectivity index (χ1n) is 9.35. The van der Waals surface area contributed by atoms with Crippen LogP contribution in [0, 0.1) is 0 Å². The normalized spacial score (nSPS) is 23.3. The molecule has 0 spiro atoms. The minimum Gasteiger partial charge on any atom is -0.444 e. The molecule has 3 heterocycles. The van der Waals surface area contributed by atoms with Gasteiger partial charge in [0.2, 0.25) is 0 Å². The molecular weight excluding hydrogens is 375 g/mol. The summed E-state index contributed by atoms with van der Waals surface area (Å²) in [6.07, 6.45) is -7.22. The second-order valence-corrected chi connectivity index (χ2v) is 8.55. The van der Waals surface area contributed by atoms with Gasteiger partial charge in [0, 0.05) is 19.1 Å². The molecular formula is C19H26F3N3O3. The van der Waals surface area contributed by atoms with E-state index in [0.29, 0.717) is 25.3 Å². The third kappa shape index (κ3) is 4.51. The predicted octanol–water partition coefficient (Wildman–Crippen LogP) is 3.44. The first-order valence-corrected chi connectivity index (χ1v) is 9.35. The zero-order chi connectivity index (χ0) is 20.9. The number of anilines is 1. The molecule has 1 N–H and O–H groups in total. The predicted molar refractivity (Wildman–Crippen MR) is 97.1 cm³/mol. The van der Waals surface area contributed by atoms with Crippen molar-refractivity contribution in [2.24, 2.45) is 0 Å². The Labute approximate surface area is 162 Å². The molecule has 1 aromatic rings. The Morgan fingerprint density at radius 3 is 2.61 bits per heavy atom. The van der Waals surface area contributed by atoms with Crippen molar-refractivity contribution >= 4 is 11.9 Å². The Balaban J connectivity index is 1.77. The number of halogens is 3. The smallest absolute Gasteiger partial charge is 0.410 e. The van der Waals surface area contributed by atoms with Gasteiger partial charge in [0.15, 0.2) is 0 Å². The van der Waals surface area contributed by atoms with Gasteiger partial charge in [-0.2, -0.15) is 13.2 Å². The summed E-state index contributed by atoms with van der Waals surface area (Å²) in [5.74, 6) is 0.597. The number of carbonyl (C=O) groups excluding carboxylic acids is 1. The first-order chi connectivity index (χ1) is 12.8. The van der Waals surface area contributed by atoms with E-state index in [1.165, 1.54) is 6.07 Å². The summed E-state index contributed by atoms with van der Waals surface area (Å²) < 4.78 is 43.2. The van der Waals surface area contributed by atoms with Crippen LogP contribution in [0.2, 0.25) is 0 Å². The number of hydrogen-bond acceptors (Lipinski definition) is 5. The van der Waals surface area contributed by atoms with E-state index in [1.807, 2.05) is 32.6 Å². The van der Waals surface area contributed by atoms with Gasteiger partial charge in [-0.1, -0.05) is 6.07 Å². The van der Waals surface area contributed by atoms with Crippen molar-refractivity contribution in [2.75, 3.05) is 18.0 Å². The Kier molecular flexibility index (Phi) is 5.24. The van der Waals surface area contributed by atoms with Gasteiger partial charge in [-0.15, -0.1) is 0 Å². The lowest BCUT2D eigenvalue weighted by Crippen LogP contribution is -2.58. The second kappa shape index (κ2) is 7.09. The van der Waals surface area contributed by atoms with E-state index in [9.17, 15) is 23.1 Å². The fourth-order valence-electron chi connectivity index (χ4n) is 3.84. The van der Waals surface area contributed by atoms with Crippen LogP contribution in [0.25, 0.3) is 0 Å². The minimum absolute atomic E-state index is 0.0125. The highest BCUT2D eigenvalue weighted by atomic mass is 19.4. The number of nitrogens with zero attached hydrogens (tertiary/aromatic N) is 3. The van der Waals surface area contributed by atoms with Crippen LogP contribution in [-0.2, 0) is 11.2 Å². The summed E-state index contributed by atoms with van der Waals surface area (Å²) in [6.45, 7) is 8.27. The van der Waals surface area contributed by atoms with Gasteiger partial charge < -0.3 is 19.6 Å². The van der Waals surface area contributed by atoms with Crippen molar-refractivity contribution < 1.29 is 27.8 Å². The maximum absolute atomic E-state index is 12.6. The molecule has 1 fully saturated rings. The molecule has 2 aliphatic heterocycles. The van der Waals surface area contributed by atoms with Crippen LogP contribution in [0.3, 0.4) is 0 Å². The summed E-state index contributed by atoms with van der Waals surface area (Å²) in [7, 11) is 0. The number of hydrogen-bond donors (Lipinski definition) is 1. The molecule has 1 saturated heterocycles. The number of amides is 1. The lowest BCUT2D eigenvalue weighted by atomic mass is 10.1. The lowest BCUT2D eigenvalue weighted by molar-refractivity contribution is -0.154. The maximum atomic E-state index is 12.6. The average molecular weight is 401 g/mol. The number of aromatic nitrogens is 1. The van der Waals surface area contributed by atoms with Crippen molar-refractivity contribution in [1.29, 1.82) is 0 Å². The van der Waals surface area contributed by atoms with Gasteiger partial charge >= 0.3 is 12.3 Å². The molecule has 3 atom stereocenters. The van der Waals surface area contributed by atoms with Gasteiger partial charge in [-0.25, -0.2) is 9.78 Å². The SMILES string of the molecule is C[C@@H]1CN(C(=O)OC(C)(C)C)C[C@H]2Cc3ccc(C(O)CC(F)(F)F)nc3N21. The molecule has 1 unspecified atom stereocenters. The average Bonchev–Trinajstić information content (AvgIpc) is 2.89. The standard InChI is InChI=1S/C19H26F3N3O3/c1-11-9-24(17(27)28-18(2,3)4)10-13-7-12-5-6-14(23-16(12)25(11)13)15(26)8-19(20,21)22/h5-6,11,13,15,26H,7-10H2,1-4H3/t11-,13-,15?/m1/s1. The van der Waals surface area contributed by atoms with E-state index in [4.69, 9.17) is 4.74 Å². The molecule has 0 aromatic carbocycles. The van der Waals surface area contributed by atoms with E-state index in [-0.39, 0.29) is 23.9 Å². The Morgan fingerprint density at radius 1 is 1.32 bits per heavy atom. The monoisotopic (exact) mass is 401 g/mol. The molecule has 28 heavy (non-hydrogen) atoms. The van der Waals surface area contributed by atoms with E-state index < -0.39 is 24.3 Å². The van der Waals surface area contributed by atoms with E-state index in [1.54, 1.807) is 11.0 Å². The van der Waals surface area contributed by atoms with E-state index in [0.717, 1.165) is 5.56 Å². The number of carbonyl (C=O) groups is 1. The highest BCUT2D eigenvalue weighted by molar-refractivity contribution is 5.69. The van der Waals surface area contributed by atoms with Crippen LogP contribution in [0.4, 0.5) is 23.8 Å². The van der Waals surface area contributed by atoms with Gasteiger partial charge in [0.1, 0.15) is 17.5 Å². The highest BCUT2D eigenvalue weighted by Gasteiger charge is 2.42. The van der Waals surface area contributed by atoms with Crippen molar-refractivity contribution in [3.63, 3.8) is 0 Å². The summed E-state index contributed by atoms with van der Waals surface area (Å²) >= 11 is 0. The summed E-state index contributed by atoms with van der Waals surface area (Å²) in [5.41, 5.74) is 0.339. The molecule has 9 heteroatoms. The zero-order valence-electron chi connectivity index (χ0n) is 16.5. The summed E-state index contributed by atoms with van der Waals surface area (Å²) in [4.78, 5) is 20.5. The molecule has 6 nitrogen and oxygen atoms in total. The number of aliphatic hydroxyl groups is 1. The van der Waals surface area contributed by atoms with Crippen LogP contribution < -0.4 is 4.90 Å². The van der Waals surface area contributed by atoms with Crippen LogP contribution in [0.15, 0.2) is 12.1 Å². The molecule has 0 radical (unpaired) electrons. The number of pyridine rings is 1. The van der Waals surface area contributed by atoms with E-state index in [2.05, 4.69) is 4.98 Å². The lowest BCUT2D eigenvalue weighted by Gasteiger charge is -2.43. The highest BCUT2D eigenvalue weighted by Crippen LogP contribution is 2.37. The van der Waals surface area contributed by atoms with Crippen LogP contribution in [0.1, 0.15) is 51.5 Å². The molecule has 1 aromatic heterocycles. The Morgan fingerprint density at radius 2 is 2.00 bits per heavy atom. The van der Waals surface area contributed by atoms with Crippen LogP contribution in [-0.4, -0.2) is 58.0 Å². The minimum atomic E-state index is -4.46. The second-order valence-electron chi connectivity index (χ2n) is 8.55. The Bertz CT molecular complexity index is 748. The fourth-order valence-corrected chi connectivity index (χ4v) is 3.84. The van der Waals surface area contributed by atoms with Crippen molar-refractivity contribution in [3.05, 3.63) is 23.4 Å². The number of ether oxygens (including phenoxy) is 1. The topological polar surface area (TPSA) is 65.9 Å².